The monoisotopic (exact) mass is 367 g/mol. The molecule has 1 aliphatic heterocycles. The molecule has 1 aliphatic carbocycles. The van der Waals surface area contributed by atoms with Crippen LogP contribution in [0.5, 0.6) is 0 Å². The molecule has 1 saturated carbocycles. The van der Waals surface area contributed by atoms with Gasteiger partial charge in [0.25, 0.3) is 5.91 Å². The zero-order valence-corrected chi connectivity index (χ0v) is 16.4. The van der Waals surface area contributed by atoms with Crippen LogP contribution in [0, 0.1) is 17.3 Å². The first-order valence-electron chi connectivity index (χ1n) is 9.98. The number of para-hydroxylation sites is 1. The lowest BCUT2D eigenvalue weighted by molar-refractivity contribution is -0.130. The molecule has 144 valence electrons. The number of rotatable bonds is 3. The number of carbonyl (C=O) groups is 2. The van der Waals surface area contributed by atoms with Crippen LogP contribution in [0.25, 0.3) is 10.9 Å². The van der Waals surface area contributed by atoms with Crippen LogP contribution in [-0.2, 0) is 4.79 Å². The number of likely N-dealkylation sites (tertiary alicyclic amines) is 1. The van der Waals surface area contributed by atoms with Crippen LogP contribution in [0.4, 0.5) is 0 Å². The lowest BCUT2D eigenvalue weighted by Gasteiger charge is -2.42. The quantitative estimate of drug-likeness (QED) is 0.871. The van der Waals surface area contributed by atoms with Gasteiger partial charge in [-0.3, -0.25) is 9.59 Å². The SMILES string of the molecule is CC1CC(NC(=O)C2CN(C(=O)c3c[nH]c4ccccc34)C2)CC(C)(C)C1. The van der Waals surface area contributed by atoms with Crippen LogP contribution >= 0.6 is 0 Å². The van der Waals surface area contributed by atoms with Gasteiger partial charge >= 0.3 is 0 Å². The summed E-state index contributed by atoms with van der Waals surface area (Å²) in [7, 11) is 0. The minimum Gasteiger partial charge on any atom is -0.360 e. The van der Waals surface area contributed by atoms with Crippen molar-refractivity contribution in [2.45, 2.75) is 46.1 Å². The molecule has 2 fully saturated rings. The maximum absolute atomic E-state index is 12.8. The first kappa shape index (κ1) is 18.1. The van der Waals surface area contributed by atoms with Crippen molar-refractivity contribution in [3.05, 3.63) is 36.0 Å². The number of fused-ring (bicyclic) bond motifs is 1. The number of nitrogens with zero attached hydrogens (tertiary/aromatic N) is 1. The third-order valence-corrected chi connectivity index (χ3v) is 6.09. The molecule has 5 nitrogen and oxygen atoms in total. The Morgan fingerprint density at radius 2 is 1.93 bits per heavy atom. The van der Waals surface area contributed by atoms with E-state index < -0.39 is 0 Å². The Morgan fingerprint density at radius 3 is 2.67 bits per heavy atom. The van der Waals surface area contributed by atoms with Gasteiger partial charge in [0.2, 0.25) is 5.91 Å². The summed E-state index contributed by atoms with van der Waals surface area (Å²) in [6.07, 6.45) is 5.08. The Kier molecular flexibility index (Phi) is 4.49. The maximum atomic E-state index is 12.8. The number of amides is 2. The number of nitrogens with one attached hydrogen (secondary N) is 2. The Hall–Kier alpha value is -2.30. The molecule has 1 saturated heterocycles. The van der Waals surface area contributed by atoms with Crippen LogP contribution < -0.4 is 5.32 Å². The summed E-state index contributed by atoms with van der Waals surface area (Å²) in [4.78, 5) is 30.3. The number of aromatic amines is 1. The molecule has 5 heteroatoms. The van der Waals surface area contributed by atoms with E-state index in [0.29, 0.717) is 24.6 Å². The van der Waals surface area contributed by atoms with E-state index in [1.807, 2.05) is 24.3 Å². The van der Waals surface area contributed by atoms with E-state index in [0.717, 1.165) is 23.7 Å². The van der Waals surface area contributed by atoms with Crippen LogP contribution in [-0.4, -0.2) is 40.8 Å². The molecular formula is C22H29N3O2. The lowest BCUT2D eigenvalue weighted by atomic mass is 9.70. The average molecular weight is 367 g/mol. The second kappa shape index (κ2) is 6.70. The normalized spacial score (nSPS) is 25.2. The topological polar surface area (TPSA) is 65.2 Å². The molecular weight excluding hydrogens is 338 g/mol. The highest BCUT2D eigenvalue weighted by Crippen LogP contribution is 2.38. The van der Waals surface area contributed by atoms with Crippen molar-refractivity contribution < 1.29 is 9.59 Å². The molecule has 2 atom stereocenters. The zero-order valence-electron chi connectivity index (χ0n) is 16.4. The van der Waals surface area contributed by atoms with E-state index in [2.05, 4.69) is 31.1 Å². The van der Waals surface area contributed by atoms with E-state index in [-0.39, 0.29) is 29.2 Å². The standard InChI is InChI=1S/C22H29N3O2/c1-14-8-16(10-22(2,3)9-14)24-20(26)15-12-25(13-15)21(27)18-11-23-19-7-5-4-6-17(18)19/h4-7,11,14-16,23H,8-10,12-13H2,1-3H3,(H,24,26). The zero-order chi connectivity index (χ0) is 19.2. The Labute approximate surface area is 160 Å². The molecule has 27 heavy (non-hydrogen) atoms. The molecule has 2 aromatic rings. The fourth-order valence-electron chi connectivity index (χ4n) is 5.00. The molecule has 2 aliphatic rings. The van der Waals surface area contributed by atoms with Gasteiger partial charge in [0.1, 0.15) is 0 Å². The van der Waals surface area contributed by atoms with Crippen LogP contribution in [0.15, 0.2) is 30.5 Å². The fraction of sp³-hybridized carbons (Fsp3) is 0.545. The predicted octanol–water partition coefficient (Wildman–Crippen LogP) is 3.57. The molecule has 4 rings (SSSR count). The molecule has 1 aromatic heterocycles. The third kappa shape index (κ3) is 3.60. The second-order valence-electron chi connectivity index (χ2n) is 9.27. The van der Waals surface area contributed by atoms with Gasteiger partial charge in [-0.1, -0.05) is 39.0 Å². The maximum Gasteiger partial charge on any atom is 0.256 e. The summed E-state index contributed by atoms with van der Waals surface area (Å²) >= 11 is 0. The van der Waals surface area contributed by atoms with E-state index in [1.165, 1.54) is 6.42 Å². The van der Waals surface area contributed by atoms with Gasteiger partial charge in [-0.25, -0.2) is 0 Å². The van der Waals surface area contributed by atoms with Crippen LogP contribution in [0.1, 0.15) is 50.4 Å². The fourth-order valence-corrected chi connectivity index (χ4v) is 5.00. The molecule has 2 amide bonds. The highest BCUT2D eigenvalue weighted by Gasteiger charge is 2.39. The van der Waals surface area contributed by atoms with Crippen LogP contribution in [0.2, 0.25) is 0 Å². The number of carbonyl (C=O) groups excluding carboxylic acids is 2. The Bertz CT molecular complexity index is 863. The summed E-state index contributed by atoms with van der Waals surface area (Å²) < 4.78 is 0. The van der Waals surface area contributed by atoms with Gasteiger partial charge in [0.05, 0.1) is 11.5 Å². The number of H-pyrrole nitrogens is 1. The minimum atomic E-state index is -0.0838. The van der Waals surface area contributed by atoms with Crippen molar-refractivity contribution in [2.24, 2.45) is 17.3 Å². The highest BCUT2D eigenvalue weighted by molar-refractivity contribution is 6.07. The van der Waals surface area contributed by atoms with E-state index in [9.17, 15) is 9.59 Å². The molecule has 0 bridgehead atoms. The summed E-state index contributed by atoms with van der Waals surface area (Å²) in [5.41, 5.74) is 1.93. The van der Waals surface area contributed by atoms with Crippen molar-refractivity contribution in [1.82, 2.24) is 15.2 Å². The van der Waals surface area contributed by atoms with E-state index >= 15 is 0 Å². The smallest absolute Gasteiger partial charge is 0.256 e. The van der Waals surface area contributed by atoms with Gasteiger partial charge in [-0.15, -0.1) is 0 Å². The van der Waals surface area contributed by atoms with E-state index in [4.69, 9.17) is 0 Å². The van der Waals surface area contributed by atoms with E-state index in [1.54, 1.807) is 11.1 Å². The molecule has 0 spiro atoms. The first-order valence-corrected chi connectivity index (χ1v) is 9.98. The Morgan fingerprint density at radius 1 is 1.19 bits per heavy atom. The Balaban J connectivity index is 1.34. The van der Waals surface area contributed by atoms with Crippen molar-refractivity contribution >= 4 is 22.7 Å². The summed E-state index contributed by atoms with van der Waals surface area (Å²) in [5, 5.41) is 4.19. The molecule has 1 aromatic carbocycles. The second-order valence-corrected chi connectivity index (χ2v) is 9.27. The van der Waals surface area contributed by atoms with Crippen LogP contribution in [0.3, 0.4) is 0 Å². The predicted molar refractivity (Wildman–Crippen MR) is 106 cm³/mol. The van der Waals surface area contributed by atoms with Gasteiger partial charge in [0, 0.05) is 36.2 Å². The lowest BCUT2D eigenvalue weighted by Crippen LogP contribution is -2.57. The average Bonchev–Trinajstić information content (AvgIpc) is 2.95. The number of hydrogen-bond donors (Lipinski definition) is 2. The van der Waals surface area contributed by atoms with Crippen molar-refractivity contribution in [3.8, 4) is 0 Å². The van der Waals surface area contributed by atoms with Crippen molar-refractivity contribution in [1.29, 1.82) is 0 Å². The molecule has 2 N–H and O–H groups in total. The summed E-state index contributed by atoms with van der Waals surface area (Å²) in [6.45, 7) is 7.86. The van der Waals surface area contributed by atoms with Gasteiger partial charge in [-0.05, 0) is 36.7 Å². The summed E-state index contributed by atoms with van der Waals surface area (Å²) in [5.74, 6) is 0.664. The number of aromatic nitrogens is 1. The first-order chi connectivity index (χ1) is 12.8. The molecule has 2 unspecified atom stereocenters. The third-order valence-electron chi connectivity index (χ3n) is 6.09. The van der Waals surface area contributed by atoms with Gasteiger partial charge < -0.3 is 15.2 Å². The molecule has 0 radical (unpaired) electrons. The summed E-state index contributed by atoms with van der Waals surface area (Å²) in [6, 6.07) is 8.06. The molecule has 2 heterocycles. The highest BCUT2D eigenvalue weighted by atomic mass is 16.2. The number of hydrogen-bond acceptors (Lipinski definition) is 2. The van der Waals surface area contributed by atoms with Gasteiger partial charge in [-0.2, -0.15) is 0 Å². The largest absolute Gasteiger partial charge is 0.360 e. The minimum absolute atomic E-state index is 0.00363. The van der Waals surface area contributed by atoms with Crippen molar-refractivity contribution in [3.63, 3.8) is 0 Å². The van der Waals surface area contributed by atoms with Crippen molar-refractivity contribution in [2.75, 3.05) is 13.1 Å². The number of benzene rings is 1. The van der Waals surface area contributed by atoms with Gasteiger partial charge in [0.15, 0.2) is 0 Å².